The second-order valence-electron chi connectivity index (χ2n) is 8.81. The van der Waals surface area contributed by atoms with Gasteiger partial charge in [-0.2, -0.15) is 5.10 Å². The minimum atomic E-state index is -1.44. The fourth-order valence-corrected chi connectivity index (χ4v) is 4.09. The minimum absolute atomic E-state index is 0.0107. The van der Waals surface area contributed by atoms with Crippen LogP contribution in [0, 0.1) is 11.6 Å². The van der Waals surface area contributed by atoms with Gasteiger partial charge in [0.15, 0.2) is 0 Å². The number of rotatable bonds is 9. The van der Waals surface area contributed by atoms with Crippen molar-refractivity contribution in [2.75, 3.05) is 7.11 Å². The van der Waals surface area contributed by atoms with Gasteiger partial charge in [-0.25, -0.2) is 13.5 Å². The second-order valence-corrected chi connectivity index (χ2v) is 8.81. The standard InChI is InChI=1S/C28H26F2N4O3/c1-28(27(31)36,16-18-7-4-3-5-8-18)32-26(35)21-9-6-10-22(30)25(21)24-15-23(33-34(24)17-37-2)19-11-13-20(29)14-12-19/h3-15H,16-17H2,1-2H3,(H2,31,36)(H,32,35)/t28-/m0/s1. The zero-order valence-corrected chi connectivity index (χ0v) is 20.4. The second kappa shape index (κ2) is 10.7. The fourth-order valence-electron chi connectivity index (χ4n) is 4.09. The largest absolute Gasteiger partial charge is 0.368 e. The predicted molar refractivity (Wildman–Crippen MR) is 135 cm³/mol. The van der Waals surface area contributed by atoms with Crippen LogP contribution < -0.4 is 11.1 Å². The maximum Gasteiger partial charge on any atom is 0.252 e. The number of nitrogens with zero attached hydrogens (tertiary/aromatic N) is 2. The Morgan fingerprint density at radius 3 is 2.38 bits per heavy atom. The van der Waals surface area contributed by atoms with Gasteiger partial charge in [0.25, 0.3) is 5.91 Å². The van der Waals surface area contributed by atoms with Crippen molar-refractivity contribution in [1.29, 1.82) is 0 Å². The number of halogens is 2. The molecule has 4 rings (SSSR count). The van der Waals surface area contributed by atoms with Crippen LogP contribution in [0.1, 0.15) is 22.8 Å². The van der Waals surface area contributed by atoms with E-state index in [1.165, 1.54) is 49.0 Å². The number of nitrogens with one attached hydrogen (secondary N) is 1. The third-order valence-corrected chi connectivity index (χ3v) is 6.02. The maximum atomic E-state index is 15.3. The molecule has 0 aliphatic rings. The van der Waals surface area contributed by atoms with E-state index in [1.807, 2.05) is 30.3 Å². The van der Waals surface area contributed by atoms with Crippen molar-refractivity contribution in [1.82, 2.24) is 15.1 Å². The van der Waals surface area contributed by atoms with Gasteiger partial charge < -0.3 is 15.8 Å². The van der Waals surface area contributed by atoms with Crippen molar-refractivity contribution in [2.24, 2.45) is 5.73 Å². The lowest BCUT2D eigenvalue weighted by Crippen LogP contribution is -2.56. The van der Waals surface area contributed by atoms with Crippen molar-refractivity contribution in [3.63, 3.8) is 0 Å². The molecule has 4 aromatic rings. The summed E-state index contributed by atoms with van der Waals surface area (Å²) in [6, 6.07) is 20.5. The summed E-state index contributed by atoms with van der Waals surface area (Å²) in [4.78, 5) is 25.9. The lowest BCUT2D eigenvalue weighted by atomic mass is 9.91. The number of carbonyl (C=O) groups is 2. The van der Waals surface area contributed by atoms with E-state index in [0.717, 1.165) is 5.56 Å². The number of carbonyl (C=O) groups excluding carboxylic acids is 2. The van der Waals surface area contributed by atoms with Gasteiger partial charge >= 0.3 is 0 Å². The normalized spacial score (nSPS) is 12.6. The van der Waals surface area contributed by atoms with Crippen LogP contribution >= 0.6 is 0 Å². The topological polar surface area (TPSA) is 99.2 Å². The van der Waals surface area contributed by atoms with Crippen molar-refractivity contribution in [3.8, 4) is 22.5 Å². The van der Waals surface area contributed by atoms with Crippen LogP contribution in [-0.2, 0) is 22.7 Å². The molecular weight excluding hydrogens is 478 g/mol. The average molecular weight is 505 g/mol. The molecule has 0 saturated heterocycles. The van der Waals surface area contributed by atoms with Crippen LogP contribution in [0.25, 0.3) is 22.5 Å². The molecule has 1 aromatic heterocycles. The molecule has 0 unspecified atom stereocenters. The zero-order chi connectivity index (χ0) is 26.6. The van der Waals surface area contributed by atoms with E-state index >= 15 is 4.39 Å². The number of hydrogen-bond acceptors (Lipinski definition) is 4. The summed E-state index contributed by atoms with van der Waals surface area (Å²) in [5.74, 6) is -2.48. The van der Waals surface area contributed by atoms with Gasteiger partial charge in [0.2, 0.25) is 5.91 Å². The number of nitrogens with two attached hydrogens (primary N) is 1. The van der Waals surface area contributed by atoms with Gasteiger partial charge in [0.05, 0.1) is 17.0 Å². The van der Waals surface area contributed by atoms with Gasteiger partial charge in [-0.15, -0.1) is 0 Å². The highest BCUT2D eigenvalue weighted by Crippen LogP contribution is 2.31. The highest BCUT2D eigenvalue weighted by Gasteiger charge is 2.34. The smallest absolute Gasteiger partial charge is 0.252 e. The lowest BCUT2D eigenvalue weighted by molar-refractivity contribution is -0.123. The molecule has 0 radical (unpaired) electrons. The molecule has 0 fully saturated rings. The van der Waals surface area contributed by atoms with Crippen LogP contribution in [0.3, 0.4) is 0 Å². The number of primary amides is 1. The summed E-state index contributed by atoms with van der Waals surface area (Å²) in [6.45, 7) is 1.50. The third kappa shape index (κ3) is 5.57. The molecule has 190 valence electrons. The monoisotopic (exact) mass is 504 g/mol. The zero-order valence-electron chi connectivity index (χ0n) is 20.4. The fraction of sp³-hybridized carbons (Fsp3) is 0.179. The number of amides is 2. The molecular formula is C28H26F2N4O3. The Morgan fingerprint density at radius 2 is 1.73 bits per heavy atom. The van der Waals surface area contributed by atoms with E-state index in [0.29, 0.717) is 11.3 Å². The molecule has 37 heavy (non-hydrogen) atoms. The van der Waals surface area contributed by atoms with E-state index in [4.69, 9.17) is 10.5 Å². The highest BCUT2D eigenvalue weighted by molar-refractivity contribution is 6.03. The van der Waals surface area contributed by atoms with Gasteiger partial charge in [-0.05, 0) is 55.0 Å². The Hall–Kier alpha value is -4.37. The molecule has 1 atom stereocenters. The summed E-state index contributed by atoms with van der Waals surface area (Å²) in [5, 5.41) is 7.18. The van der Waals surface area contributed by atoms with E-state index in [1.54, 1.807) is 18.2 Å². The number of hydrogen-bond donors (Lipinski definition) is 2. The molecule has 0 aliphatic carbocycles. The third-order valence-electron chi connectivity index (χ3n) is 6.02. The first-order valence-corrected chi connectivity index (χ1v) is 11.5. The van der Waals surface area contributed by atoms with Crippen molar-refractivity contribution in [2.45, 2.75) is 25.6 Å². The Balaban J connectivity index is 1.75. The van der Waals surface area contributed by atoms with Crippen LogP contribution in [0.2, 0.25) is 0 Å². The molecule has 0 bridgehead atoms. The summed E-state index contributed by atoms with van der Waals surface area (Å²) >= 11 is 0. The van der Waals surface area contributed by atoms with Crippen LogP contribution in [-0.4, -0.2) is 34.2 Å². The quantitative estimate of drug-likeness (QED) is 0.355. The first-order valence-electron chi connectivity index (χ1n) is 11.5. The summed E-state index contributed by atoms with van der Waals surface area (Å²) in [7, 11) is 1.46. The van der Waals surface area contributed by atoms with Crippen LogP contribution in [0.5, 0.6) is 0 Å². The highest BCUT2D eigenvalue weighted by atomic mass is 19.1. The van der Waals surface area contributed by atoms with Crippen molar-refractivity contribution >= 4 is 11.8 Å². The number of aromatic nitrogens is 2. The Bertz CT molecular complexity index is 1420. The van der Waals surface area contributed by atoms with Crippen molar-refractivity contribution < 1.29 is 23.1 Å². The molecule has 1 heterocycles. The molecule has 2 amide bonds. The Morgan fingerprint density at radius 1 is 1.03 bits per heavy atom. The van der Waals surface area contributed by atoms with Crippen LogP contribution in [0.4, 0.5) is 8.78 Å². The van der Waals surface area contributed by atoms with Gasteiger partial charge in [-0.1, -0.05) is 36.4 Å². The molecule has 7 nitrogen and oxygen atoms in total. The van der Waals surface area contributed by atoms with E-state index in [-0.39, 0.29) is 30.0 Å². The first kappa shape index (κ1) is 25.7. The SMILES string of the molecule is COCn1nc(-c2ccc(F)cc2)cc1-c1c(F)cccc1C(=O)N[C@@](C)(Cc1ccccc1)C(N)=O. The van der Waals surface area contributed by atoms with E-state index in [2.05, 4.69) is 10.4 Å². The minimum Gasteiger partial charge on any atom is -0.368 e. The molecule has 9 heteroatoms. The number of benzene rings is 3. The summed E-state index contributed by atoms with van der Waals surface area (Å²) in [6.07, 6.45) is 0.149. The predicted octanol–water partition coefficient (Wildman–Crippen LogP) is 4.32. The summed E-state index contributed by atoms with van der Waals surface area (Å²) < 4.78 is 35.4. The number of methoxy groups -OCH3 is 1. The van der Waals surface area contributed by atoms with Crippen molar-refractivity contribution in [3.05, 3.63) is 102 Å². The van der Waals surface area contributed by atoms with Gasteiger partial charge in [0.1, 0.15) is 23.9 Å². The molecule has 0 saturated carbocycles. The van der Waals surface area contributed by atoms with E-state index in [9.17, 15) is 14.0 Å². The average Bonchev–Trinajstić information content (AvgIpc) is 3.28. The molecule has 3 N–H and O–H groups in total. The van der Waals surface area contributed by atoms with Gasteiger partial charge in [-0.3, -0.25) is 9.59 Å². The van der Waals surface area contributed by atoms with E-state index < -0.39 is 29.0 Å². The summed E-state index contributed by atoms with van der Waals surface area (Å²) in [5.41, 5.74) is 6.32. The maximum absolute atomic E-state index is 15.3. The Labute approximate surface area is 212 Å². The van der Waals surface area contributed by atoms with Crippen LogP contribution in [0.15, 0.2) is 78.9 Å². The molecule has 3 aromatic carbocycles. The molecule has 0 aliphatic heterocycles. The van der Waals surface area contributed by atoms with Gasteiger partial charge in [0, 0.05) is 24.7 Å². The molecule has 0 spiro atoms. The first-order chi connectivity index (χ1) is 17.7. The Kier molecular flexibility index (Phi) is 7.45. The lowest BCUT2D eigenvalue weighted by Gasteiger charge is -2.28. The number of ether oxygens (including phenoxy) is 1.